The molecular formula is C15H18ClN3OS. The Labute approximate surface area is 133 Å². The lowest BCUT2D eigenvalue weighted by atomic mass is 10.3. The van der Waals surface area contributed by atoms with E-state index in [0.717, 1.165) is 18.3 Å². The molecule has 1 aromatic carbocycles. The monoisotopic (exact) mass is 323 g/mol. The van der Waals surface area contributed by atoms with E-state index in [1.54, 1.807) is 18.4 Å². The SMILES string of the molecule is CN=C(NCCOc1ccc(Cl)cc1)NCc1cccs1. The first-order valence-electron chi connectivity index (χ1n) is 6.63. The zero-order chi connectivity index (χ0) is 14.9. The van der Waals surface area contributed by atoms with Gasteiger partial charge in [0.1, 0.15) is 12.4 Å². The number of hydrogen-bond donors (Lipinski definition) is 2. The topological polar surface area (TPSA) is 45.7 Å². The van der Waals surface area contributed by atoms with Crippen molar-refractivity contribution in [1.29, 1.82) is 0 Å². The molecule has 0 aliphatic heterocycles. The average Bonchev–Trinajstić information content (AvgIpc) is 3.02. The quantitative estimate of drug-likeness (QED) is 0.487. The highest BCUT2D eigenvalue weighted by molar-refractivity contribution is 7.09. The highest BCUT2D eigenvalue weighted by atomic mass is 35.5. The summed E-state index contributed by atoms with van der Waals surface area (Å²) in [6, 6.07) is 11.5. The molecule has 2 rings (SSSR count). The molecule has 0 saturated heterocycles. The first-order valence-corrected chi connectivity index (χ1v) is 7.89. The van der Waals surface area contributed by atoms with Gasteiger partial charge in [0.2, 0.25) is 0 Å². The van der Waals surface area contributed by atoms with Crippen LogP contribution in [0.3, 0.4) is 0 Å². The minimum atomic E-state index is 0.557. The third-order valence-electron chi connectivity index (χ3n) is 2.71. The molecule has 0 bridgehead atoms. The Kier molecular flexibility index (Phi) is 6.37. The second kappa shape index (κ2) is 8.54. The number of hydrogen-bond acceptors (Lipinski definition) is 3. The summed E-state index contributed by atoms with van der Waals surface area (Å²) in [5.74, 6) is 1.57. The largest absolute Gasteiger partial charge is 0.492 e. The van der Waals surface area contributed by atoms with E-state index in [4.69, 9.17) is 16.3 Å². The van der Waals surface area contributed by atoms with E-state index in [-0.39, 0.29) is 0 Å². The van der Waals surface area contributed by atoms with Crippen molar-refractivity contribution in [3.05, 3.63) is 51.7 Å². The molecule has 2 aromatic rings. The van der Waals surface area contributed by atoms with Crippen LogP contribution in [-0.2, 0) is 6.54 Å². The first-order chi connectivity index (χ1) is 10.3. The number of rotatable bonds is 6. The molecule has 112 valence electrons. The summed E-state index contributed by atoms with van der Waals surface area (Å²) in [5.41, 5.74) is 0. The van der Waals surface area contributed by atoms with Crippen LogP contribution in [0.25, 0.3) is 0 Å². The van der Waals surface area contributed by atoms with Crippen LogP contribution in [0.15, 0.2) is 46.8 Å². The van der Waals surface area contributed by atoms with Crippen LogP contribution >= 0.6 is 22.9 Å². The Morgan fingerprint density at radius 1 is 1.24 bits per heavy atom. The van der Waals surface area contributed by atoms with Crippen LogP contribution in [0, 0.1) is 0 Å². The Hall–Kier alpha value is -1.72. The maximum absolute atomic E-state index is 5.82. The van der Waals surface area contributed by atoms with Gasteiger partial charge >= 0.3 is 0 Å². The molecule has 4 nitrogen and oxygen atoms in total. The van der Waals surface area contributed by atoms with Crippen molar-refractivity contribution in [2.45, 2.75) is 6.54 Å². The summed E-state index contributed by atoms with van der Waals surface area (Å²) in [4.78, 5) is 5.44. The van der Waals surface area contributed by atoms with Crippen LogP contribution in [0.1, 0.15) is 4.88 Å². The van der Waals surface area contributed by atoms with E-state index < -0.39 is 0 Å². The molecule has 2 N–H and O–H groups in total. The van der Waals surface area contributed by atoms with E-state index in [1.165, 1.54) is 4.88 Å². The highest BCUT2D eigenvalue weighted by Gasteiger charge is 1.99. The molecule has 0 amide bonds. The fourth-order valence-electron chi connectivity index (χ4n) is 1.67. The molecule has 0 aliphatic carbocycles. The second-order valence-corrected chi connectivity index (χ2v) is 5.70. The van der Waals surface area contributed by atoms with E-state index in [2.05, 4.69) is 27.1 Å². The predicted molar refractivity (Wildman–Crippen MR) is 89.5 cm³/mol. The molecule has 0 radical (unpaired) electrons. The Balaban J connectivity index is 1.65. The summed E-state index contributed by atoms with van der Waals surface area (Å²) in [5, 5.41) is 9.23. The predicted octanol–water partition coefficient (Wildman–Crippen LogP) is 3.15. The van der Waals surface area contributed by atoms with Gasteiger partial charge < -0.3 is 15.4 Å². The van der Waals surface area contributed by atoms with Gasteiger partial charge in [-0.1, -0.05) is 17.7 Å². The molecule has 1 heterocycles. The van der Waals surface area contributed by atoms with Gasteiger partial charge in [0.05, 0.1) is 13.1 Å². The zero-order valence-electron chi connectivity index (χ0n) is 11.8. The summed E-state index contributed by atoms with van der Waals surface area (Å²) < 4.78 is 5.60. The fourth-order valence-corrected chi connectivity index (χ4v) is 2.44. The summed E-state index contributed by atoms with van der Waals surface area (Å²) in [7, 11) is 1.75. The molecular weight excluding hydrogens is 306 g/mol. The van der Waals surface area contributed by atoms with Gasteiger partial charge in [0.25, 0.3) is 0 Å². The standard InChI is InChI=1S/C15H18ClN3OS/c1-17-15(19-11-14-3-2-10-21-14)18-8-9-20-13-6-4-12(16)5-7-13/h2-7,10H,8-9,11H2,1H3,(H2,17,18,19). The molecule has 6 heteroatoms. The number of nitrogens with zero attached hydrogens (tertiary/aromatic N) is 1. The first kappa shape index (κ1) is 15.7. The Morgan fingerprint density at radius 3 is 2.71 bits per heavy atom. The molecule has 0 unspecified atom stereocenters. The van der Waals surface area contributed by atoms with E-state index in [9.17, 15) is 0 Å². The lowest BCUT2D eigenvalue weighted by Crippen LogP contribution is -2.38. The average molecular weight is 324 g/mol. The number of halogens is 1. The van der Waals surface area contributed by atoms with Gasteiger partial charge in [-0.25, -0.2) is 0 Å². The van der Waals surface area contributed by atoms with Gasteiger partial charge in [-0.3, -0.25) is 4.99 Å². The molecule has 0 saturated carbocycles. The molecule has 0 fully saturated rings. The van der Waals surface area contributed by atoms with E-state index in [0.29, 0.717) is 18.2 Å². The maximum Gasteiger partial charge on any atom is 0.191 e. The number of guanidine groups is 1. The Bertz CT molecular complexity index is 555. The van der Waals surface area contributed by atoms with Gasteiger partial charge in [-0.15, -0.1) is 11.3 Å². The van der Waals surface area contributed by atoms with Gasteiger partial charge in [0.15, 0.2) is 5.96 Å². The van der Waals surface area contributed by atoms with Crippen molar-refractivity contribution >= 4 is 28.9 Å². The number of aliphatic imine (C=N–C) groups is 1. The Morgan fingerprint density at radius 2 is 2.05 bits per heavy atom. The summed E-state index contributed by atoms with van der Waals surface area (Å²) in [6.45, 7) is 2.00. The molecule has 1 aromatic heterocycles. The van der Waals surface area contributed by atoms with Crippen LogP contribution in [0.2, 0.25) is 5.02 Å². The van der Waals surface area contributed by atoms with Crippen molar-refractivity contribution in [2.24, 2.45) is 4.99 Å². The van der Waals surface area contributed by atoms with Crippen molar-refractivity contribution in [3.63, 3.8) is 0 Å². The minimum Gasteiger partial charge on any atom is -0.492 e. The van der Waals surface area contributed by atoms with Crippen LogP contribution in [0.5, 0.6) is 5.75 Å². The van der Waals surface area contributed by atoms with Crippen molar-refractivity contribution < 1.29 is 4.74 Å². The van der Waals surface area contributed by atoms with Gasteiger partial charge in [-0.05, 0) is 35.7 Å². The second-order valence-electron chi connectivity index (χ2n) is 4.23. The normalized spacial score (nSPS) is 11.2. The summed E-state index contributed by atoms with van der Waals surface area (Å²) in [6.07, 6.45) is 0. The maximum atomic E-state index is 5.82. The van der Waals surface area contributed by atoms with Crippen molar-refractivity contribution in [2.75, 3.05) is 20.2 Å². The molecule has 21 heavy (non-hydrogen) atoms. The lowest BCUT2D eigenvalue weighted by Gasteiger charge is -2.12. The highest BCUT2D eigenvalue weighted by Crippen LogP contribution is 2.15. The number of thiophene rings is 1. The zero-order valence-corrected chi connectivity index (χ0v) is 13.4. The van der Waals surface area contributed by atoms with Gasteiger partial charge in [-0.2, -0.15) is 0 Å². The summed E-state index contributed by atoms with van der Waals surface area (Å²) >= 11 is 7.54. The molecule has 0 atom stereocenters. The van der Waals surface area contributed by atoms with Crippen LogP contribution in [0.4, 0.5) is 0 Å². The minimum absolute atomic E-state index is 0.557. The van der Waals surface area contributed by atoms with Crippen molar-refractivity contribution in [3.8, 4) is 5.75 Å². The third-order valence-corrected chi connectivity index (χ3v) is 3.84. The van der Waals surface area contributed by atoms with E-state index >= 15 is 0 Å². The van der Waals surface area contributed by atoms with E-state index in [1.807, 2.05) is 30.3 Å². The fraction of sp³-hybridized carbons (Fsp3) is 0.267. The van der Waals surface area contributed by atoms with Crippen molar-refractivity contribution in [1.82, 2.24) is 10.6 Å². The molecule has 0 aliphatic rings. The smallest absolute Gasteiger partial charge is 0.191 e. The molecule has 0 spiro atoms. The van der Waals surface area contributed by atoms with Gasteiger partial charge in [0, 0.05) is 16.9 Å². The number of nitrogens with one attached hydrogen (secondary N) is 2. The number of ether oxygens (including phenoxy) is 1. The van der Waals surface area contributed by atoms with Crippen LogP contribution < -0.4 is 15.4 Å². The lowest BCUT2D eigenvalue weighted by molar-refractivity contribution is 0.322. The number of benzene rings is 1. The third kappa shape index (κ3) is 5.65. The van der Waals surface area contributed by atoms with Crippen LogP contribution in [-0.4, -0.2) is 26.2 Å².